The average molecular weight is 300 g/mol. The first kappa shape index (κ1) is 12.2. The van der Waals surface area contributed by atoms with Crippen molar-refractivity contribution in [2.45, 2.75) is 18.8 Å². The predicted molar refractivity (Wildman–Crippen MR) is 67.9 cm³/mol. The Morgan fingerprint density at radius 1 is 1.47 bits per heavy atom. The minimum absolute atomic E-state index is 0.322. The Balaban J connectivity index is 2.05. The molecule has 5 nitrogen and oxygen atoms in total. The number of hydrogen-bond acceptors (Lipinski definition) is 3. The number of carbonyl (C=O) groups is 1. The van der Waals surface area contributed by atoms with E-state index < -0.39 is 6.09 Å². The Hall–Kier alpha value is -1.30. The van der Waals surface area contributed by atoms with E-state index in [0.29, 0.717) is 29.3 Å². The van der Waals surface area contributed by atoms with Crippen molar-refractivity contribution in [3.8, 4) is 0 Å². The second kappa shape index (κ2) is 4.91. The number of nitrogen functional groups attached to an aromatic ring is 1. The molecule has 6 heteroatoms. The van der Waals surface area contributed by atoms with E-state index in [-0.39, 0.29) is 0 Å². The summed E-state index contributed by atoms with van der Waals surface area (Å²) in [6.07, 6.45) is 0.792. The zero-order chi connectivity index (χ0) is 12.4. The number of rotatable bonds is 1. The second-order valence-corrected chi connectivity index (χ2v) is 4.91. The van der Waals surface area contributed by atoms with Gasteiger partial charge in [-0.25, -0.2) is 9.78 Å². The third kappa shape index (κ3) is 2.69. The van der Waals surface area contributed by atoms with E-state index in [9.17, 15) is 4.79 Å². The third-order valence-corrected chi connectivity index (χ3v) is 3.72. The number of pyridine rings is 1. The van der Waals surface area contributed by atoms with Crippen LogP contribution in [0.25, 0.3) is 0 Å². The van der Waals surface area contributed by atoms with E-state index in [4.69, 9.17) is 10.8 Å². The van der Waals surface area contributed by atoms with Crippen LogP contribution in [0.3, 0.4) is 0 Å². The summed E-state index contributed by atoms with van der Waals surface area (Å²) >= 11 is 3.31. The Kier molecular flexibility index (Phi) is 3.51. The fourth-order valence-electron chi connectivity index (χ4n) is 2.05. The van der Waals surface area contributed by atoms with Crippen molar-refractivity contribution in [3.63, 3.8) is 0 Å². The van der Waals surface area contributed by atoms with Crippen LogP contribution in [-0.4, -0.2) is 34.2 Å². The second-order valence-electron chi connectivity index (χ2n) is 4.16. The molecule has 0 saturated carbocycles. The lowest BCUT2D eigenvalue weighted by Crippen LogP contribution is -2.36. The summed E-state index contributed by atoms with van der Waals surface area (Å²) in [4.78, 5) is 16.6. The van der Waals surface area contributed by atoms with E-state index >= 15 is 0 Å². The van der Waals surface area contributed by atoms with Crippen LogP contribution in [0, 0.1) is 0 Å². The van der Waals surface area contributed by atoms with Gasteiger partial charge >= 0.3 is 6.09 Å². The number of hydrogen-bond donors (Lipinski definition) is 2. The first-order chi connectivity index (χ1) is 8.08. The van der Waals surface area contributed by atoms with Gasteiger partial charge in [0.1, 0.15) is 4.60 Å². The molecule has 2 rings (SSSR count). The maximum atomic E-state index is 10.8. The van der Waals surface area contributed by atoms with Crippen molar-refractivity contribution < 1.29 is 9.90 Å². The Labute approximate surface area is 108 Å². The monoisotopic (exact) mass is 299 g/mol. The third-order valence-electron chi connectivity index (χ3n) is 3.08. The highest BCUT2D eigenvalue weighted by molar-refractivity contribution is 9.10. The summed E-state index contributed by atoms with van der Waals surface area (Å²) < 4.78 is 0.663. The molecule has 1 amide bonds. The number of carboxylic acid groups (broad SMARTS) is 1. The molecule has 0 spiro atoms. The minimum Gasteiger partial charge on any atom is -0.465 e. The topological polar surface area (TPSA) is 79.5 Å². The first-order valence-electron chi connectivity index (χ1n) is 5.47. The molecule has 0 radical (unpaired) electrons. The van der Waals surface area contributed by atoms with E-state index in [0.717, 1.165) is 18.5 Å². The number of amides is 1. The fraction of sp³-hybridized carbons (Fsp3) is 0.455. The molecule has 0 atom stereocenters. The van der Waals surface area contributed by atoms with Crippen LogP contribution in [0.4, 0.5) is 10.5 Å². The summed E-state index contributed by atoms with van der Waals surface area (Å²) in [5, 5.41) is 8.86. The van der Waals surface area contributed by atoms with Gasteiger partial charge in [0.15, 0.2) is 0 Å². The summed E-state index contributed by atoms with van der Waals surface area (Å²) in [6, 6.07) is 3.75. The fourth-order valence-corrected chi connectivity index (χ4v) is 2.39. The number of nitrogens with zero attached hydrogens (tertiary/aromatic N) is 2. The van der Waals surface area contributed by atoms with Crippen LogP contribution >= 0.6 is 15.9 Å². The van der Waals surface area contributed by atoms with Gasteiger partial charge in [-0.1, -0.05) is 0 Å². The molecule has 17 heavy (non-hydrogen) atoms. The molecule has 3 N–H and O–H groups in total. The molecule has 1 aliphatic heterocycles. The molecule has 0 bridgehead atoms. The molecule has 0 aromatic carbocycles. The number of nitrogens with two attached hydrogens (primary N) is 1. The van der Waals surface area contributed by atoms with E-state index in [1.807, 2.05) is 12.1 Å². The summed E-state index contributed by atoms with van der Waals surface area (Å²) in [5.74, 6) is 0.322. The Morgan fingerprint density at radius 3 is 2.65 bits per heavy atom. The molecule has 92 valence electrons. The molecular formula is C11H14BrN3O2. The lowest BCUT2D eigenvalue weighted by Gasteiger charge is -2.29. The maximum Gasteiger partial charge on any atom is 0.407 e. The van der Waals surface area contributed by atoms with E-state index in [1.54, 1.807) is 0 Å². The minimum atomic E-state index is -0.838. The van der Waals surface area contributed by atoms with E-state index in [2.05, 4.69) is 20.9 Å². The maximum absolute atomic E-state index is 10.8. The number of anilines is 1. The molecule has 1 aromatic rings. The van der Waals surface area contributed by atoms with Crippen molar-refractivity contribution in [3.05, 3.63) is 22.4 Å². The van der Waals surface area contributed by atoms with Crippen LogP contribution in [0.1, 0.15) is 24.5 Å². The number of aromatic nitrogens is 1. The number of piperidine rings is 1. The molecule has 1 aromatic heterocycles. The van der Waals surface area contributed by atoms with Crippen molar-refractivity contribution in [1.29, 1.82) is 0 Å². The summed E-state index contributed by atoms with van der Waals surface area (Å²) in [7, 11) is 0. The molecule has 2 heterocycles. The van der Waals surface area contributed by atoms with Crippen molar-refractivity contribution in [1.82, 2.24) is 9.88 Å². The van der Waals surface area contributed by atoms with Gasteiger partial charge in [-0.05, 0) is 40.9 Å². The van der Waals surface area contributed by atoms with Crippen LogP contribution in [0.15, 0.2) is 16.7 Å². The van der Waals surface area contributed by atoms with Gasteiger partial charge < -0.3 is 15.7 Å². The molecule has 1 saturated heterocycles. The quantitative estimate of drug-likeness (QED) is 0.780. The number of likely N-dealkylation sites (tertiary alicyclic amines) is 1. The van der Waals surface area contributed by atoms with Crippen LogP contribution < -0.4 is 5.73 Å². The standard InChI is InChI=1S/C11H14BrN3O2/c12-10-8(13)1-2-9(14-10)7-3-5-15(6-4-7)11(16)17/h1-2,7H,3-6,13H2,(H,16,17). The largest absolute Gasteiger partial charge is 0.465 e. The van der Waals surface area contributed by atoms with Crippen LogP contribution in [0.2, 0.25) is 0 Å². The summed E-state index contributed by atoms with van der Waals surface area (Å²) in [5.41, 5.74) is 7.29. The average Bonchev–Trinajstić information content (AvgIpc) is 2.33. The summed E-state index contributed by atoms with van der Waals surface area (Å²) in [6.45, 7) is 1.15. The SMILES string of the molecule is Nc1ccc(C2CCN(C(=O)O)CC2)nc1Br. The predicted octanol–water partition coefficient (Wildman–Crippen LogP) is 2.28. The van der Waals surface area contributed by atoms with Gasteiger partial charge in [0.05, 0.1) is 5.69 Å². The zero-order valence-corrected chi connectivity index (χ0v) is 10.9. The van der Waals surface area contributed by atoms with Gasteiger partial charge in [-0.2, -0.15) is 0 Å². The molecule has 1 fully saturated rings. The molecular weight excluding hydrogens is 286 g/mol. The van der Waals surface area contributed by atoms with Crippen molar-refractivity contribution >= 4 is 27.7 Å². The Bertz CT molecular complexity index is 431. The highest BCUT2D eigenvalue weighted by atomic mass is 79.9. The highest BCUT2D eigenvalue weighted by Gasteiger charge is 2.24. The highest BCUT2D eigenvalue weighted by Crippen LogP contribution is 2.29. The van der Waals surface area contributed by atoms with Gasteiger partial charge in [0.2, 0.25) is 0 Å². The van der Waals surface area contributed by atoms with Gasteiger partial charge in [0, 0.05) is 24.7 Å². The normalized spacial score (nSPS) is 17.1. The van der Waals surface area contributed by atoms with E-state index in [1.165, 1.54) is 4.90 Å². The van der Waals surface area contributed by atoms with Gasteiger partial charge in [-0.15, -0.1) is 0 Å². The van der Waals surface area contributed by atoms with Gasteiger partial charge in [-0.3, -0.25) is 0 Å². The van der Waals surface area contributed by atoms with Crippen LogP contribution in [-0.2, 0) is 0 Å². The van der Waals surface area contributed by atoms with Crippen molar-refractivity contribution in [2.75, 3.05) is 18.8 Å². The molecule has 0 aliphatic carbocycles. The smallest absolute Gasteiger partial charge is 0.407 e. The number of halogens is 1. The lowest BCUT2D eigenvalue weighted by molar-refractivity contribution is 0.131. The lowest BCUT2D eigenvalue weighted by atomic mass is 9.93. The van der Waals surface area contributed by atoms with Crippen LogP contribution in [0.5, 0.6) is 0 Å². The molecule has 0 unspecified atom stereocenters. The van der Waals surface area contributed by atoms with Crippen molar-refractivity contribution in [2.24, 2.45) is 0 Å². The molecule has 1 aliphatic rings. The Morgan fingerprint density at radius 2 is 2.12 bits per heavy atom. The first-order valence-corrected chi connectivity index (χ1v) is 6.27. The van der Waals surface area contributed by atoms with Gasteiger partial charge in [0.25, 0.3) is 0 Å². The zero-order valence-electron chi connectivity index (χ0n) is 9.27.